The maximum absolute atomic E-state index is 8.82. The zero-order valence-corrected chi connectivity index (χ0v) is 12.9. The first-order valence-electron chi connectivity index (χ1n) is 7.70. The first-order chi connectivity index (χ1) is 11.4. The first-order valence-corrected chi connectivity index (χ1v) is 7.70. The molecule has 0 amide bonds. The molecule has 0 aliphatic carbocycles. The second kappa shape index (κ2) is 7.68. The van der Waals surface area contributed by atoms with Crippen LogP contribution in [0, 0.1) is 0 Å². The third-order valence-corrected chi connectivity index (χ3v) is 3.64. The van der Waals surface area contributed by atoms with Crippen molar-refractivity contribution >= 4 is 11.6 Å². The van der Waals surface area contributed by atoms with Crippen molar-refractivity contribution < 1.29 is 9.84 Å². The van der Waals surface area contributed by atoms with Crippen molar-refractivity contribution in [1.29, 1.82) is 0 Å². The van der Waals surface area contributed by atoms with E-state index in [2.05, 4.69) is 30.0 Å². The Balaban J connectivity index is 1.66. The van der Waals surface area contributed by atoms with E-state index in [4.69, 9.17) is 9.84 Å². The summed E-state index contributed by atoms with van der Waals surface area (Å²) in [5, 5.41) is 16.9. The fraction of sp³-hybridized carbons (Fsp3) is 0.467. The van der Waals surface area contributed by atoms with Crippen LogP contribution in [-0.2, 0) is 0 Å². The summed E-state index contributed by atoms with van der Waals surface area (Å²) in [7, 11) is 0. The van der Waals surface area contributed by atoms with Crippen molar-refractivity contribution in [1.82, 2.24) is 20.2 Å². The quantitative estimate of drug-likeness (QED) is 0.846. The molecule has 8 nitrogen and oxygen atoms in total. The molecule has 0 saturated carbocycles. The van der Waals surface area contributed by atoms with Crippen molar-refractivity contribution in [3.63, 3.8) is 0 Å². The van der Waals surface area contributed by atoms with Crippen LogP contribution in [0.15, 0.2) is 30.7 Å². The van der Waals surface area contributed by atoms with Crippen LogP contribution in [0.3, 0.4) is 0 Å². The molecule has 3 rings (SSSR count). The van der Waals surface area contributed by atoms with E-state index in [1.807, 2.05) is 12.1 Å². The molecule has 1 saturated heterocycles. The average molecular weight is 316 g/mol. The summed E-state index contributed by atoms with van der Waals surface area (Å²) < 4.78 is 5.33. The van der Waals surface area contributed by atoms with Crippen LogP contribution in [0.1, 0.15) is 6.42 Å². The summed E-state index contributed by atoms with van der Waals surface area (Å²) in [5.74, 6) is 2.13. The smallest absolute Gasteiger partial charge is 0.234 e. The molecule has 1 aliphatic rings. The highest BCUT2D eigenvalue weighted by molar-refractivity contribution is 5.41. The van der Waals surface area contributed by atoms with Gasteiger partial charge in [-0.25, -0.2) is 0 Å². The van der Waals surface area contributed by atoms with Crippen LogP contribution in [0.4, 0.5) is 11.6 Å². The molecule has 1 N–H and O–H groups in total. The minimum Gasteiger partial charge on any atom is -0.474 e. The lowest BCUT2D eigenvalue weighted by Crippen LogP contribution is -2.31. The molecule has 23 heavy (non-hydrogen) atoms. The molecule has 3 heterocycles. The van der Waals surface area contributed by atoms with Crippen LogP contribution < -0.4 is 14.5 Å². The monoisotopic (exact) mass is 316 g/mol. The molecule has 0 aromatic carbocycles. The van der Waals surface area contributed by atoms with Gasteiger partial charge in [-0.3, -0.25) is 4.98 Å². The van der Waals surface area contributed by atoms with E-state index >= 15 is 0 Å². The Morgan fingerprint density at radius 3 is 2.65 bits per heavy atom. The topological polar surface area (TPSA) is 87.5 Å². The molecule has 1 aliphatic heterocycles. The Kier molecular flexibility index (Phi) is 5.15. The number of hydrogen-bond donors (Lipinski definition) is 1. The van der Waals surface area contributed by atoms with E-state index in [-0.39, 0.29) is 13.2 Å². The van der Waals surface area contributed by atoms with Gasteiger partial charge in [0.2, 0.25) is 5.88 Å². The average Bonchev–Trinajstić information content (AvgIpc) is 2.87. The minimum atomic E-state index is -0.0390. The number of nitrogens with zero attached hydrogens (tertiary/aromatic N) is 6. The maximum atomic E-state index is 8.82. The van der Waals surface area contributed by atoms with Gasteiger partial charge in [0.1, 0.15) is 6.61 Å². The Labute approximate surface area is 134 Å². The van der Waals surface area contributed by atoms with E-state index in [0.717, 1.165) is 44.2 Å². The zero-order valence-electron chi connectivity index (χ0n) is 12.9. The van der Waals surface area contributed by atoms with E-state index in [9.17, 15) is 0 Å². The molecular weight excluding hydrogens is 296 g/mol. The van der Waals surface area contributed by atoms with E-state index in [1.54, 1.807) is 18.6 Å². The lowest BCUT2D eigenvalue weighted by Gasteiger charge is -2.23. The lowest BCUT2D eigenvalue weighted by atomic mass is 10.3. The van der Waals surface area contributed by atoms with Gasteiger partial charge in [-0.1, -0.05) is 0 Å². The molecule has 0 radical (unpaired) electrons. The van der Waals surface area contributed by atoms with Crippen LogP contribution in [-0.4, -0.2) is 64.7 Å². The Morgan fingerprint density at radius 1 is 1.09 bits per heavy atom. The summed E-state index contributed by atoms with van der Waals surface area (Å²) in [6.07, 6.45) is 5.98. The zero-order chi connectivity index (χ0) is 15.9. The van der Waals surface area contributed by atoms with E-state index < -0.39 is 0 Å². The highest BCUT2D eigenvalue weighted by atomic mass is 16.5. The lowest BCUT2D eigenvalue weighted by molar-refractivity contribution is 0.196. The van der Waals surface area contributed by atoms with Gasteiger partial charge in [0.25, 0.3) is 0 Å². The molecule has 2 aromatic heterocycles. The van der Waals surface area contributed by atoms with Gasteiger partial charge in [-0.15, -0.1) is 5.10 Å². The van der Waals surface area contributed by atoms with Crippen molar-refractivity contribution in [2.24, 2.45) is 0 Å². The second-order valence-corrected chi connectivity index (χ2v) is 5.20. The Hall–Kier alpha value is -2.48. The Bertz CT molecular complexity index is 612. The Morgan fingerprint density at radius 2 is 1.91 bits per heavy atom. The molecule has 0 unspecified atom stereocenters. The number of hydrogen-bond acceptors (Lipinski definition) is 8. The predicted octanol–water partition coefficient (Wildman–Crippen LogP) is 0.354. The minimum absolute atomic E-state index is 0.0390. The number of rotatable bonds is 5. The van der Waals surface area contributed by atoms with Gasteiger partial charge >= 0.3 is 0 Å². The van der Waals surface area contributed by atoms with Crippen LogP contribution in [0.5, 0.6) is 5.88 Å². The standard InChI is InChI=1S/C15H20N6O2/c22-9-10-23-15-12-16-11-14(18-15)21-6-2-5-20(7-8-21)13-3-1-4-17-19-13/h1,3-4,11-12,22H,2,5-10H2. The normalized spacial score (nSPS) is 15.3. The summed E-state index contributed by atoms with van der Waals surface area (Å²) in [5.41, 5.74) is 0. The molecule has 0 atom stereocenters. The van der Waals surface area contributed by atoms with Gasteiger partial charge in [-0.2, -0.15) is 10.1 Å². The van der Waals surface area contributed by atoms with Crippen LogP contribution >= 0.6 is 0 Å². The molecule has 122 valence electrons. The molecule has 0 spiro atoms. The second-order valence-electron chi connectivity index (χ2n) is 5.20. The van der Waals surface area contributed by atoms with E-state index in [1.165, 1.54) is 0 Å². The predicted molar refractivity (Wildman–Crippen MR) is 85.7 cm³/mol. The molecule has 8 heteroatoms. The van der Waals surface area contributed by atoms with Crippen molar-refractivity contribution in [2.45, 2.75) is 6.42 Å². The highest BCUT2D eigenvalue weighted by Gasteiger charge is 2.17. The number of anilines is 2. The maximum Gasteiger partial charge on any atom is 0.234 e. The SMILES string of the molecule is OCCOc1cncc(N2CCCN(c3cccnn3)CC2)n1. The van der Waals surface area contributed by atoms with Gasteiger partial charge in [0, 0.05) is 32.4 Å². The third kappa shape index (κ3) is 4.04. The summed E-state index contributed by atoms with van der Waals surface area (Å²) >= 11 is 0. The van der Waals surface area contributed by atoms with Crippen molar-refractivity contribution in [2.75, 3.05) is 49.2 Å². The molecular formula is C15H20N6O2. The van der Waals surface area contributed by atoms with Crippen molar-refractivity contribution in [3.05, 3.63) is 30.7 Å². The van der Waals surface area contributed by atoms with E-state index in [0.29, 0.717) is 5.88 Å². The summed E-state index contributed by atoms with van der Waals surface area (Å²) in [6, 6.07) is 3.88. The number of aromatic nitrogens is 4. The van der Waals surface area contributed by atoms with Crippen LogP contribution in [0.2, 0.25) is 0 Å². The fourth-order valence-corrected chi connectivity index (χ4v) is 2.55. The van der Waals surface area contributed by atoms with Gasteiger partial charge in [-0.05, 0) is 18.6 Å². The summed E-state index contributed by atoms with van der Waals surface area (Å²) in [4.78, 5) is 13.0. The number of ether oxygens (including phenoxy) is 1. The van der Waals surface area contributed by atoms with Crippen LogP contribution in [0.25, 0.3) is 0 Å². The number of aliphatic hydroxyl groups is 1. The van der Waals surface area contributed by atoms with Crippen molar-refractivity contribution in [3.8, 4) is 5.88 Å². The highest BCUT2D eigenvalue weighted by Crippen LogP contribution is 2.18. The van der Waals surface area contributed by atoms with Gasteiger partial charge in [0.15, 0.2) is 11.6 Å². The summed E-state index contributed by atoms with van der Waals surface area (Å²) in [6.45, 7) is 3.69. The van der Waals surface area contributed by atoms with Gasteiger partial charge < -0.3 is 19.6 Å². The molecule has 2 aromatic rings. The molecule has 0 bridgehead atoms. The molecule has 1 fully saturated rings. The first kappa shape index (κ1) is 15.4. The number of aliphatic hydroxyl groups excluding tert-OH is 1. The fourth-order valence-electron chi connectivity index (χ4n) is 2.55. The third-order valence-electron chi connectivity index (χ3n) is 3.64. The largest absolute Gasteiger partial charge is 0.474 e. The van der Waals surface area contributed by atoms with Gasteiger partial charge in [0.05, 0.1) is 19.0 Å².